The molecule has 130 valence electrons. The third kappa shape index (κ3) is 3.58. The van der Waals surface area contributed by atoms with E-state index >= 15 is 0 Å². The lowest BCUT2D eigenvalue weighted by atomic mass is 10.2. The van der Waals surface area contributed by atoms with E-state index in [1.165, 1.54) is 12.3 Å². The predicted molar refractivity (Wildman–Crippen MR) is 93.6 cm³/mol. The number of halogens is 1. The van der Waals surface area contributed by atoms with Crippen molar-refractivity contribution in [1.82, 2.24) is 15.3 Å². The number of aliphatic imine (C=N–C) groups is 1. The van der Waals surface area contributed by atoms with Crippen LogP contribution in [-0.2, 0) is 0 Å². The molecule has 0 amide bonds. The van der Waals surface area contributed by atoms with E-state index in [1.807, 2.05) is 17.9 Å². The van der Waals surface area contributed by atoms with Gasteiger partial charge in [0.1, 0.15) is 23.5 Å². The van der Waals surface area contributed by atoms with Gasteiger partial charge in [-0.1, -0.05) is 0 Å². The molecule has 0 saturated heterocycles. The number of nitrogens with zero attached hydrogens (tertiary/aromatic N) is 4. The van der Waals surface area contributed by atoms with E-state index < -0.39 is 0 Å². The number of aromatic nitrogens is 2. The molecule has 8 heteroatoms. The lowest BCUT2D eigenvalue weighted by Gasteiger charge is -2.35. The second-order valence-corrected chi connectivity index (χ2v) is 5.49. The van der Waals surface area contributed by atoms with Gasteiger partial charge in [0.15, 0.2) is 0 Å². The molecule has 3 rings (SSSR count). The van der Waals surface area contributed by atoms with Gasteiger partial charge in [-0.3, -0.25) is 15.3 Å². The first-order chi connectivity index (χ1) is 12.1. The number of pyridine rings is 2. The van der Waals surface area contributed by atoms with E-state index in [1.54, 1.807) is 37.9 Å². The zero-order valence-corrected chi connectivity index (χ0v) is 13.9. The van der Waals surface area contributed by atoms with Gasteiger partial charge in [0.2, 0.25) is 5.88 Å². The van der Waals surface area contributed by atoms with Crippen LogP contribution in [0, 0.1) is 5.82 Å². The van der Waals surface area contributed by atoms with E-state index in [4.69, 9.17) is 10.5 Å². The minimum Gasteiger partial charge on any atom is -0.480 e. The Kier molecular flexibility index (Phi) is 4.90. The molecule has 25 heavy (non-hydrogen) atoms. The Labute approximate surface area is 145 Å². The van der Waals surface area contributed by atoms with Crippen molar-refractivity contribution in [2.24, 2.45) is 10.7 Å². The summed E-state index contributed by atoms with van der Waals surface area (Å²) < 4.78 is 18.4. The number of nitrogens with two attached hydrogens (primary N) is 1. The monoisotopic (exact) mass is 342 g/mol. The molecule has 3 N–H and O–H groups in total. The molecule has 1 aliphatic rings. The highest BCUT2D eigenvalue weighted by atomic mass is 19.1. The molecule has 0 fully saturated rings. The van der Waals surface area contributed by atoms with Gasteiger partial charge in [0.05, 0.1) is 25.2 Å². The summed E-state index contributed by atoms with van der Waals surface area (Å²) in [6.07, 6.45) is 5.78. The van der Waals surface area contributed by atoms with Gasteiger partial charge in [-0.05, 0) is 31.2 Å². The predicted octanol–water partition coefficient (Wildman–Crippen LogP) is 1.95. The topological polar surface area (TPSA) is 88.7 Å². The first-order valence-electron chi connectivity index (χ1n) is 7.75. The fraction of sp³-hybridized carbons (Fsp3) is 0.235. The molecule has 0 radical (unpaired) electrons. The second kappa shape index (κ2) is 7.27. The maximum atomic E-state index is 13.1. The van der Waals surface area contributed by atoms with Crippen molar-refractivity contribution < 1.29 is 9.13 Å². The van der Waals surface area contributed by atoms with E-state index in [0.29, 0.717) is 23.1 Å². The average molecular weight is 342 g/mol. The number of methoxy groups -OCH3 is 1. The Hall–Kier alpha value is -3.00. The van der Waals surface area contributed by atoms with Crippen LogP contribution in [0.5, 0.6) is 5.88 Å². The van der Waals surface area contributed by atoms with E-state index in [0.717, 1.165) is 0 Å². The number of hydrogen-bond acceptors (Lipinski definition) is 7. The number of ether oxygens (including phenoxy) is 1. The molecule has 0 bridgehead atoms. The highest BCUT2D eigenvalue weighted by Gasteiger charge is 2.27. The molecule has 0 saturated carbocycles. The Morgan fingerprint density at radius 2 is 2.16 bits per heavy atom. The van der Waals surface area contributed by atoms with E-state index in [2.05, 4.69) is 20.3 Å². The zero-order valence-electron chi connectivity index (χ0n) is 13.9. The van der Waals surface area contributed by atoms with Gasteiger partial charge in [0, 0.05) is 18.5 Å². The molecule has 0 aromatic carbocycles. The smallest absolute Gasteiger partial charge is 0.237 e. The van der Waals surface area contributed by atoms with Crippen LogP contribution >= 0.6 is 0 Å². The summed E-state index contributed by atoms with van der Waals surface area (Å²) in [5.74, 6) is 0.531. The van der Waals surface area contributed by atoms with E-state index in [9.17, 15) is 4.39 Å². The summed E-state index contributed by atoms with van der Waals surface area (Å²) in [4.78, 5) is 14.3. The molecule has 2 atom stereocenters. The second-order valence-electron chi connectivity index (χ2n) is 5.49. The molecule has 2 aromatic rings. The standard InChI is InChI=1S/C17H19FN6O/c1-11(13-6-5-12(18)8-22-13)23-16-10-20-9-15(19)24(16)14-4-3-7-21-17(14)25-2/h3-11,16,23H,19H2,1-2H3/t11-,16?/m0/s1. The minimum atomic E-state index is -0.371. The number of rotatable bonds is 5. The van der Waals surface area contributed by atoms with Gasteiger partial charge in [0.25, 0.3) is 0 Å². The Bertz CT molecular complexity index is 792. The molecule has 7 nitrogen and oxygen atoms in total. The molecule has 3 heterocycles. The number of nitrogens with one attached hydrogen (secondary N) is 1. The van der Waals surface area contributed by atoms with Crippen molar-refractivity contribution in [2.45, 2.75) is 19.1 Å². The van der Waals surface area contributed by atoms with Crippen LogP contribution in [0.1, 0.15) is 18.7 Å². The molecule has 0 aliphatic carbocycles. The lowest BCUT2D eigenvalue weighted by Crippen LogP contribution is -2.50. The summed E-state index contributed by atoms with van der Waals surface area (Å²) in [5, 5.41) is 3.37. The van der Waals surface area contributed by atoms with Crippen molar-refractivity contribution in [2.75, 3.05) is 12.0 Å². The maximum Gasteiger partial charge on any atom is 0.237 e. The first-order valence-corrected chi connectivity index (χ1v) is 7.75. The summed E-state index contributed by atoms with van der Waals surface area (Å²) >= 11 is 0. The van der Waals surface area contributed by atoms with Crippen LogP contribution in [0.25, 0.3) is 0 Å². The SMILES string of the molecule is COc1ncccc1N1C(N)=CN=CC1N[C@@H](C)c1ccc(F)cn1. The largest absolute Gasteiger partial charge is 0.480 e. The van der Waals surface area contributed by atoms with Gasteiger partial charge in [-0.15, -0.1) is 0 Å². The Morgan fingerprint density at radius 1 is 1.32 bits per heavy atom. The van der Waals surface area contributed by atoms with Gasteiger partial charge in [-0.2, -0.15) is 0 Å². The molecular weight excluding hydrogens is 323 g/mol. The average Bonchev–Trinajstić information content (AvgIpc) is 2.62. The fourth-order valence-corrected chi connectivity index (χ4v) is 2.60. The fourth-order valence-electron chi connectivity index (χ4n) is 2.60. The van der Waals surface area contributed by atoms with Crippen molar-refractivity contribution >= 4 is 11.9 Å². The third-order valence-electron chi connectivity index (χ3n) is 3.81. The van der Waals surface area contributed by atoms with Crippen molar-refractivity contribution in [1.29, 1.82) is 0 Å². The van der Waals surface area contributed by atoms with Crippen molar-refractivity contribution in [3.05, 3.63) is 60.2 Å². The zero-order chi connectivity index (χ0) is 17.8. The summed E-state index contributed by atoms with van der Waals surface area (Å²) in [6.45, 7) is 1.93. The Morgan fingerprint density at radius 3 is 2.88 bits per heavy atom. The van der Waals surface area contributed by atoms with Crippen molar-refractivity contribution in [3.8, 4) is 5.88 Å². The quantitative estimate of drug-likeness (QED) is 0.863. The number of hydrogen-bond donors (Lipinski definition) is 2. The lowest BCUT2D eigenvalue weighted by molar-refractivity contribution is 0.396. The van der Waals surface area contributed by atoms with E-state index in [-0.39, 0.29) is 18.0 Å². The van der Waals surface area contributed by atoms with Gasteiger partial charge in [-0.25, -0.2) is 9.37 Å². The van der Waals surface area contributed by atoms with Crippen LogP contribution in [0.2, 0.25) is 0 Å². The molecule has 2 aromatic heterocycles. The molecule has 0 spiro atoms. The van der Waals surface area contributed by atoms with Crippen LogP contribution in [0.3, 0.4) is 0 Å². The molecular formula is C17H19FN6O. The summed E-state index contributed by atoms with van der Waals surface area (Å²) in [5.41, 5.74) is 7.56. The summed E-state index contributed by atoms with van der Waals surface area (Å²) in [7, 11) is 1.55. The van der Waals surface area contributed by atoms with Crippen LogP contribution in [-0.4, -0.2) is 29.5 Å². The van der Waals surface area contributed by atoms with Crippen LogP contribution in [0.15, 0.2) is 53.7 Å². The van der Waals surface area contributed by atoms with Crippen molar-refractivity contribution in [3.63, 3.8) is 0 Å². The third-order valence-corrected chi connectivity index (χ3v) is 3.81. The molecule has 1 unspecified atom stereocenters. The van der Waals surface area contributed by atoms with Crippen LogP contribution in [0.4, 0.5) is 10.1 Å². The van der Waals surface area contributed by atoms with Gasteiger partial charge >= 0.3 is 0 Å². The Balaban J connectivity index is 1.87. The minimum absolute atomic E-state index is 0.159. The molecule has 1 aliphatic heterocycles. The van der Waals surface area contributed by atoms with Crippen LogP contribution < -0.4 is 20.7 Å². The highest BCUT2D eigenvalue weighted by molar-refractivity contribution is 5.76. The van der Waals surface area contributed by atoms with Gasteiger partial charge < -0.3 is 15.4 Å². The maximum absolute atomic E-state index is 13.1. The summed E-state index contributed by atoms with van der Waals surface area (Å²) in [6, 6.07) is 6.53. The first kappa shape index (κ1) is 16.8. The number of anilines is 1. The highest BCUT2D eigenvalue weighted by Crippen LogP contribution is 2.29. The normalized spacial score (nSPS) is 18.0.